The largest absolute Gasteiger partial charge is 0.372 e. The maximum absolute atomic E-state index is 6.11. The Morgan fingerprint density at radius 1 is 1.25 bits per heavy atom. The van der Waals surface area contributed by atoms with Crippen molar-refractivity contribution < 1.29 is 4.74 Å². The zero-order chi connectivity index (χ0) is 11.6. The van der Waals surface area contributed by atoms with Gasteiger partial charge in [-0.1, -0.05) is 13.3 Å². The molecule has 0 spiro atoms. The van der Waals surface area contributed by atoms with E-state index in [1.807, 2.05) is 0 Å². The summed E-state index contributed by atoms with van der Waals surface area (Å²) in [6.45, 7) is 7.77. The van der Waals surface area contributed by atoms with Gasteiger partial charge in [-0.2, -0.15) is 0 Å². The van der Waals surface area contributed by atoms with Crippen LogP contribution in [0.15, 0.2) is 0 Å². The first-order valence-electron chi connectivity index (χ1n) is 7.02. The van der Waals surface area contributed by atoms with E-state index >= 15 is 0 Å². The summed E-state index contributed by atoms with van der Waals surface area (Å²) in [7, 11) is 0. The van der Waals surface area contributed by atoms with Crippen molar-refractivity contribution in [2.45, 2.75) is 77.0 Å². The molecule has 0 aromatic heterocycles. The molecule has 1 heterocycles. The predicted octanol–water partition coefficient (Wildman–Crippen LogP) is 3.11. The fraction of sp³-hybridized carbons (Fsp3) is 1.00. The minimum atomic E-state index is 0.136. The Balaban J connectivity index is 1.81. The van der Waals surface area contributed by atoms with Gasteiger partial charge in [-0.3, -0.25) is 0 Å². The van der Waals surface area contributed by atoms with E-state index in [1.54, 1.807) is 0 Å². The number of rotatable bonds is 4. The van der Waals surface area contributed by atoms with Crippen molar-refractivity contribution in [2.75, 3.05) is 6.54 Å². The van der Waals surface area contributed by atoms with Crippen LogP contribution in [0.2, 0.25) is 0 Å². The third kappa shape index (κ3) is 2.98. The number of ether oxygens (including phenoxy) is 1. The van der Waals surface area contributed by atoms with Crippen LogP contribution in [-0.2, 0) is 4.74 Å². The third-order valence-electron chi connectivity index (χ3n) is 4.25. The highest BCUT2D eigenvalue weighted by Crippen LogP contribution is 2.37. The standard InChI is InChI=1S/C14H27NO/c1-4-15-13-7-5-6-11(13)10-12-8-9-14(2,3)16-12/h11-13,15H,4-10H2,1-3H3. The van der Waals surface area contributed by atoms with Gasteiger partial charge < -0.3 is 10.1 Å². The molecule has 2 rings (SSSR count). The second-order valence-corrected chi connectivity index (χ2v) is 6.13. The highest BCUT2D eigenvalue weighted by molar-refractivity contribution is 4.88. The molecule has 0 aromatic rings. The molecule has 1 saturated heterocycles. The lowest BCUT2D eigenvalue weighted by molar-refractivity contribution is -0.0255. The van der Waals surface area contributed by atoms with Crippen molar-refractivity contribution in [1.29, 1.82) is 0 Å². The van der Waals surface area contributed by atoms with Crippen LogP contribution in [0.4, 0.5) is 0 Å². The van der Waals surface area contributed by atoms with Gasteiger partial charge in [0, 0.05) is 6.04 Å². The lowest BCUT2D eigenvalue weighted by Crippen LogP contribution is -2.34. The molecule has 2 aliphatic rings. The molecule has 94 valence electrons. The van der Waals surface area contributed by atoms with Crippen molar-refractivity contribution in [1.82, 2.24) is 5.32 Å². The summed E-state index contributed by atoms with van der Waals surface area (Å²) in [5, 5.41) is 3.63. The SMILES string of the molecule is CCNC1CCCC1CC1CCC(C)(C)O1. The van der Waals surface area contributed by atoms with E-state index in [-0.39, 0.29) is 5.60 Å². The number of hydrogen-bond acceptors (Lipinski definition) is 2. The number of nitrogens with one attached hydrogen (secondary N) is 1. The second-order valence-electron chi connectivity index (χ2n) is 6.13. The van der Waals surface area contributed by atoms with Crippen LogP contribution >= 0.6 is 0 Å². The second kappa shape index (κ2) is 5.05. The molecule has 2 heteroatoms. The van der Waals surface area contributed by atoms with Crippen LogP contribution in [0.5, 0.6) is 0 Å². The van der Waals surface area contributed by atoms with E-state index in [0.29, 0.717) is 6.10 Å². The van der Waals surface area contributed by atoms with E-state index in [0.717, 1.165) is 18.5 Å². The van der Waals surface area contributed by atoms with Crippen LogP contribution < -0.4 is 5.32 Å². The Labute approximate surface area is 100 Å². The first kappa shape index (κ1) is 12.4. The minimum Gasteiger partial charge on any atom is -0.372 e. The van der Waals surface area contributed by atoms with Crippen molar-refractivity contribution >= 4 is 0 Å². The molecule has 0 amide bonds. The fourth-order valence-corrected chi connectivity index (χ4v) is 3.43. The highest BCUT2D eigenvalue weighted by atomic mass is 16.5. The summed E-state index contributed by atoms with van der Waals surface area (Å²) in [6.07, 6.45) is 8.48. The molecule has 2 fully saturated rings. The summed E-state index contributed by atoms with van der Waals surface area (Å²) in [6, 6.07) is 0.761. The maximum Gasteiger partial charge on any atom is 0.0631 e. The predicted molar refractivity (Wildman–Crippen MR) is 67.6 cm³/mol. The van der Waals surface area contributed by atoms with Gasteiger partial charge in [0.1, 0.15) is 0 Å². The van der Waals surface area contributed by atoms with E-state index in [9.17, 15) is 0 Å². The molecular weight excluding hydrogens is 198 g/mol. The smallest absolute Gasteiger partial charge is 0.0631 e. The van der Waals surface area contributed by atoms with Crippen LogP contribution in [0.1, 0.15) is 59.3 Å². The van der Waals surface area contributed by atoms with Crippen LogP contribution in [-0.4, -0.2) is 24.3 Å². The topological polar surface area (TPSA) is 21.3 Å². The first-order valence-corrected chi connectivity index (χ1v) is 7.02. The Bertz CT molecular complexity index is 227. The van der Waals surface area contributed by atoms with Gasteiger partial charge in [0.2, 0.25) is 0 Å². The van der Waals surface area contributed by atoms with Gasteiger partial charge in [-0.25, -0.2) is 0 Å². The normalized spacial score (nSPS) is 38.1. The van der Waals surface area contributed by atoms with Gasteiger partial charge >= 0.3 is 0 Å². The van der Waals surface area contributed by atoms with Gasteiger partial charge in [-0.05, 0) is 58.4 Å². The van der Waals surface area contributed by atoms with Crippen molar-refractivity contribution in [3.05, 3.63) is 0 Å². The van der Waals surface area contributed by atoms with Gasteiger partial charge in [-0.15, -0.1) is 0 Å². The molecular formula is C14H27NO. The molecule has 1 N–H and O–H groups in total. The molecule has 1 aliphatic heterocycles. The van der Waals surface area contributed by atoms with Crippen molar-refractivity contribution in [2.24, 2.45) is 5.92 Å². The van der Waals surface area contributed by atoms with E-state index < -0.39 is 0 Å². The van der Waals surface area contributed by atoms with Gasteiger partial charge in [0.25, 0.3) is 0 Å². The molecule has 16 heavy (non-hydrogen) atoms. The number of hydrogen-bond donors (Lipinski definition) is 1. The Hall–Kier alpha value is -0.0800. The quantitative estimate of drug-likeness (QED) is 0.794. The van der Waals surface area contributed by atoms with Crippen LogP contribution in [0.3, 0.4) is 0 Å². The average Bonchev–Trinajstić information content (AvgIpc) is 2.76. The summed E-state index contributed by atoms with van der Waals surface area (Å²) in [4.78, 5) is 0. The van der Waals surface area contributed by atoms with E-state index in [1.165, 1.54) is 38.5 Å². The summed E-state index contributed by atoms with van der Waals surface area (Å²) < 4.78 is 6.11. The van der Waals surface area contributed by atoms with E-state index in [2.05, 4.69) is 26.1 Å². The van der Waals surface area contributed by atoms with Crippen molar-refractivity contribution in [3.63, 3.8) is 0 Å². The monoisotopic (exact) mass is 225 g/mol. The van der Waals surface area contributed by atoms with Gasteiger partial charge in [0.15, 0.2) is 0 Å². The van der Waals surface area contributed by atoms with Crippen LogP contribution in [0.25, 0.3) is 0 Å². The highest BCUT2D eigenvalue weighted by Gasteiger charge is 2.35. The maximum atomic E-state index is 6.11. The van der Waals surface area contributed by atoms with Crippen LogP contribution in [0, 0.1) is 5.92 Å². The first-order chi connectivity index (χ1) is 7.61. The fourth-order valence-electron chi connectivity index (χ4n) is 3.43. The summed E-state index contributed by atoms with van der Waals surface area (Å²) in [5.74, 6) is 0.860. The van der Waals surface area contributed by atoms with E-state index in [4.69, 9.17) is 4.74 Å². The molecule has 0 radical (unpaired) electrons. The molecule has 3 unspecified atom stereocenters. The zero-order valence-electron chi connectivity index (χ0n) is 11.1. The molecule has 0 aromatic carbocycles. The molecule has 1 saturated carbocycles. The Morgan fingerprint density at radius 2 is 2.06 bits per heavy atom. The summed E-state index contributed by atoms with van der Waals surface area (Å²) in [5.41, 5.74) is 0.136. The molecule has 2 nitrogen and oxygen atoms in total. The Morgan fingerprint density at radius 3 is 2.69 bits per heavy atom. The minimum absolute atomic E-state index is 0.136. The average molecular weight is 225 g/mol. The lowest BCUT2D eigenvalue weighted by atomic mass is 9.94. The van der Waals surface area contributed by atoms with Crippen molar-refractivity contribution in [3.8, 4) is 0 Å². The molecule has 1 aliphatic carbocycles. The molecule has 3 atom stereocenters. The Kier molecular flexibility index (Phi) is 3.91. The third-order valence-corrected chi connectivity index (χ3v) is 4.25. The molecule has 0 bridgehead atoms. The zero-order valence-corrected chi connectivity index (χ0v) is 11.1. The van der Waals surface area contributed by atoms with Gasteiger partial charge in [0.05, 0.1) is 11.7 Å². The summed E-state index contributed by atoms with van der Waals surface area (Å²) >= 11 is 0. The lowest BCUT2D eigenvalue weighted by Gasteiger charge is -2.25.